The molecule has 1 aromatic carbocycles. The molecule has 2 unspecified atom stereocenters. The van der Waals surface area contributed by atoms with Crippen molar-refractivity contribution in [1.29, 1.82) is 0 Å². The largest absolute Gasteiger partial charge is 0.400 e. The Labute approximate surface area is 181 Å². The third-order valence-corrected chi connectivity index (χ3v) is 7.97. The SMILES string of the molecule is CCCc1cc(C2CCCC2)ccc1[C@H](C)C[C@H](C)C1CCCC(CC)C1.CO. The number of aliphatic hydroxyl groups excluding tert-OH is 1. The molecule has 0 saturated heterocycles. The monoisotopic (exact) mass is 400 g/mol. The standard InChI is InChI=1S/C27H44.CH4O/c1-5-10-26-19-25(23-12-7-8-13-23)15-16-27(26)21(4)17-20(3)24-14-9-11-22(6-2)18-24;1-2/h15-16,19-24H,5-14,17-18H2,1-4H3;2H,1H3/t20-,21+,22?,24?;/m0./s1. The van der Waals surface area contributed by atoms with E-state index in [2.05, 4.69) is 45.9 Å². The van der Waals surface area contributed by atoms with Crippen LogP contribution >= 0.6 is 0 Å². The van der Waals surface area contributed by atoms with E-state index in [1.807, 2.05) is 0 Å². The van der Waals surface area contributed by atoms with Crippen molar-refractivity contribution in [2.45, 2.75) is 117 Å². The topological polar surface area (TPSA) is 20.2 Å². The lowest BCUT2D eigenvalue weighted by Gasteiger charge is -2.34. The van der Waals surface area contributed by atoms with Crippen LogP contribution in [-0.2, 0) is 6.42 Å². The van der Waals surface area contributed by atoms with E-state index < -0.39 is 0 Å². The van der Waals surface area contributed by atoms with Gasteiger partial charge in [0, 0.05) is 7.11 Å². The van der Waals surface area contributed by atoms with Gasteiger partial charge < -0.3 is 5.11 Å². The van der Waals surface area contributed by atoms with Gasteiger partial charge in [0.05, 0.1) is 0 Å². The molecular formula is C28H48O. The minimum atomic E-state index is 0.709. The Hall–Kier alpha value is -0.820. The zero-order chi connectivity index (χ0) is 21.2. The van der Waals surface area contributed by atoms with E-state index in [0.29, 0.717) is 5.92 Å². The summed E-state index contributed by atoms with van der Waals surface area (Å²) in [6.45, 7) is 9.78. The van der Waals surface area contributed by atoms with Crippen LogP contribution in [0.1, 0.15) is 127 Å². The molecule has 4 atom stereocenters. The first-order chi connectivity index (χ1) is 14.1. The molecule has 0 aliphatic heterocycles. The molecule has 3 rings (SSSR count). The summed E-state index contributed by atoms with van der Waals surface area (Å²) in [6, 6.07) is 7.61. The zero-order valence-electron chi connectivity index (χ0n) is 20.1. The van der Waals surface area contributed by atoms with Gasteiger partial charge in [-0.15, -0.1) is 0 Å². The fourth-order valence-electron chi connectivity index (χ4n) is 6.20. The molecule has 1 heteroatoms. The second-order valence-corrected chi connectivity index (χ2v) is 10.0. The van der Waals surface area contributed by atoms with Crippen molar-refractivity contribution in [2.75, 3.05) is 7.11 Å². The third-order valence-electron chi connectivity index (χ3n) is 7.97. The Morgan fingerprint density at radius 1 is 0.966 bits per heavy atom. The first-order valence-corrected chi connectivity index (χ1v) is 12.7. The summed E-state index contributed by atoms with van der Waals surface area (Å²) in [7, 11) is 1.00. The van der Waals surface area contributed by atoms with Crippen molar-refractivity contribution in [1.82, 2.24) is 0 Å². The summed E-state index contributed by atoms with van der Waals surface area (Å²) in [6.07, 6.45) is 16.9. The molecule has 2 aliphatic rings. The first kappa shape index (κ1) is 24.4. The molecular weight excluding hydrogens is 352 g/mol. The summed E-state index contributed by atoms with van der Waals surface area (Å²) in [5, 5.41) is 7.00. The van der Waals surface area contributed by atoms with E-state index in [4.69, 9.17) is 5.11 Å². The van der Waals surface area contributed by atoms with Gasteiger partial charge in [-0.25, -0.2) is 0 Å². The third kappa shape index (κ3) is 6.84. The Morgan fingerprint density at radius 3 is 2.34 bits per heavy atom. The van der Waals surface area contributed by atoms with E-state index in [-0.39, 0.29) is 0 Å². The van der Waals surface area contributed by atoms with Crippen LogP contribution in [0.4, 0.5) is 0 Å². The highest BCUT2D eigenvalue weighted by Crippen LogP contribution is 2.40. The molecule has 29 heavy (non-hydrogen) atoms. The highest BCUT2D eigenvalue weighted by atomic mass is 16.2. The summed E-state index contributed by atoms with van der Waals surface area (Å²) < 4.78 is 0. The highest BCUT2D eigenvalue weighted by molar-refractivity contribution is 5.36. The van der Waals surface area contributed by atoms with Gasteiger partial charge in [-0.3, -0.25) is 0 Å². The molecule has 1 aromatic rings. The molecule has 0 amide bonds. The fourth-order valence-corrected chi connectivity index (χ4v) is 6.20. The fraction of sp³-hybridized carbons (Fsp3) is 0.786. The summed E-state index contributed by atoms with van der Waals surface area (Å²) in [5.41, 5.74) is 4.96. The van der Waals surface area contributed by atoms with Crippen LogP contribution in [0.15, 0.2) is 18.2 Å². The van der Waals surface area contributed by atoms with Crippen LogP contribution in [-0.4, -0.2) is 12.2 Å². The summed E-state index contributed by atoms with van der Waals surface area (Å²) in [5.74, 6) is 4.40. The Bertz CT molecular complexity index is 572. The Morgan fingerprint density at radius 2 is 1.69 bits per heavy atom. The van der Waals surface area contributed by atoms with E-state index >= 15 is 0 Å². The quantitative estimate of drug-likeness (QED) is 0.465. The highest BCUT2D eigenvalue weighted by Gasteiger charge is 2.27. The number of benzene rings is 1. The van der Waals surface area contributed by atoms with Crippen LogP contribution in [0.5, 0.6) is 0 Å². The van der Waals surface area contributed by atoms with Gasteiger partial charge in [0.1, 0.15) is 0 Å². The molecule has 2 fully saturated rings. The van der Waals surface area contributed by atoms with E-state index in [0.717, 1.165) is 30.8 Å². The first-order valence-electron chi connectivity index (χ1n) is 12.7. The maximum atomic E-state index is 7.00. The maximum absolute atomic E-state index is 7.00. The molecule has 1 N–H and O–H groups in total. The van der Waals surface area contributed by atoms with Crippen molar-refractivity contribution in [2.24, 2.45) is 17.8 Å². The lowest BCUT2D eigenvalue weighted by molar-refractivity contribution is 0.189. The lowest BCUT2D eigenvalue weighted by Crippen LogP contribution is -2.22. The molecule has 2 aliphatic carbocycles. The second-order valence-electron chi connectivity index (χ2n) is 10.0. The minimum Gasteiger partial charge on any atom is -0.400 e. The second kappa shape index (κ2) is 12.8. The number of aliphatic hydroxyl groups is 1. The average molecular weight is 401 g/mol. The van der Waals surface area contributed by atoms with Crippen molar-refractivity contribution >= 4 is 0 Å². The van der Waals surface area contributed by atoms with Crippen LogP contribution in [0.25, 0.3) is 0 Å². The predicted octanol–water partition coefficient (Wildman–Crippen LogP) is 8.25. The van der Waals surface area contributed by atoms with Gasteiger partial charge in [-0.2, -0.15) is 0 Å². The average Bonchev–Trinajstić information content (AvgIpc) is 3.30. The lowest BCUT2D eigenvalue weighted by atomic mass is 9.72. The minimum absolute atomic E-state index is 0.709. The van der Waals surface area contributed by atoms with Gasteiger partial charge in [0.25, 0.3) is 0 Å². The molecule has 166 valence electrons. The van der Waals surface area contributed by atoms with Crippen molar-refractivity contribution in [3.63, 3.8) is 0 Å². The molecule has 1 nitrogen and oxygen atoms in total. The van der Waals surface area contributed by atoms with E-state index in [1.54, 1.807) is 16.7 Å². The number of rotatable bonds is 8. The van der Waals surface area contributed by atoms with Crippen LogP contribution in [0, 0.1) is 17.8 Å². The number of hydrogen-bond acceptors (Lipinski definition) is 1. The Balaban J connectivity index is 0.00000145. The van der Waals surface area contributed by atoms with Gasteiger partial charge in [-0.05, 0) is 78.4 Å². The van der Waals surface area contributed by atoms with Gasteiger partial charge in [0.15, 0.2) is 0 Å². The molecule has 0 aromatic heterocycles. The van der Waals surface area contributed by atoms with Gasteiger partial charge in [0.2, 0.25) is 0 Å². The summed E-state index contributed by atoms with van der Waals surface area (Å²) in [4.78, 5) is 0. The van der Waals surface area contributed by atoms with Crippen LogP contribution in [0.3, 0.4) is 0 Å². The number of aryl methyl sites for hydroxylation is 1. The zero-order valence-corrected chi connectivity index (χ0v) is 20.1. The van der Waals surface area contributed by atoms with Crippen molar-refractivity contribution in [3.8, 4) is 0 Å². The Kier molecular flexibility index (Phi) is 10.8. The van der Waals surface area contributed by atoms with E-state index in [1.165, 1.54) is 77.0 Å². The maximum Gasteiger partial charge on any atom is 0.0319 e. The smallest absolute Gasteiger partial charge is 0.0319 e. The number of hydrogen-bond donors (Lipinski definition) is 1. The summed E-state index contributed by atoms with van der Waals surface area (Å²) >= 11 is 0. The van der Waals surface area contributed by atoms with E-state index in [9.17, 15) is 0 Å². The molecule has 0 heterocycles. The predicted molar refractivity (Wildman–Crippen MR) is 128 cm³/mol. The van der Waals surface area contributed by atoms with Crippen molar-refractivity contribution in [3.05, 3.63) is 34.9 Å². The normalized spacial score (nSPS) is 24.6. The van der Waals surface area contributed by atoms with Gasteiger partial charge >= 0.3 is 0 Å². The molecule has 0 bridgehead atoms. The molecule has 0 spiro atoms. The van der Waals surface area contributed by atoms with Crippen molar-refractivity contribution < 1.29 is 5.11 Å². The van der Waals surface area contributed by atoms with Crippen LogP contribution in [0.2, 0.25) is 0 Å². The van der Waals surface area contributed by atoms with Crippen LogP contribution < -0.4 is 0 Å². The molecule has 2 saturated carbocycles. The van der Waals surface area contributed by atoms with Gasteiger partial charge in [-0.1, -0.05) is 90.8 Å². The molecule has 0 radical (unpaired) electrons.